The van der Waals surface area contributed by atoms with E-state index in [1.54, 1.807) is 0 Å². The van der Waals surface area contributed by atoms with Gasteiger partial charge in [0.05, 0.1) is 0 Å². The van der Waals surface area contributed by atoms with Crippen LogP contribution in [0.5, 0.6) is 0 Å². The van der Waals surface area contributed by atoms with Crippen LogP contribution in [-0.2, 0) is 9.59 Å². The summed E-state index contributed by atoms with van der Waals surface area (Å²) >= 11 is 0. The molecule has 0 aromatic carbocycles. The summed E-state index contributed by atoms with van der Waals surface area (Å²) < 4.78 is 0. The number of rotatable bonds is 6. The second kappa shape index (κ2) is 6.56. The second-order valence-corrected chi connectivity index (χ2v) is 5.22. The fourth-order valence-electron chi connectivity index (χ4n) is 2.23. The van der Waals surface area contributed by atoms with Crippen molar-refractivity contribution >= 4 is 11.8 Å². The molecule has 6 heteroatoms. The summed E-state index contributed by atoms with van der Waals surface area (Å²) in [5.74, 6) is 9.76. The van der Waals surface area contributed by atoms with Gasteiger partial charge >= 0.3 is 0 Å². The minimum Gasteiger partial charge on any atom is -0.293 e. The quantitative estimate of drug-likeness (QED) is 0.229. The van der Waals surface area contributed by atoms with E-state index in [4.69, 9.17) is 11.7 Å². The van der Waals surface area contributed by atoms with E-state index < -0.39 is 17.2 Å². The zero-order chi connectivity index (χ0) is 13.6. The highest BCUT2D eigenvalue weighted by Crippen LogP contribution is 2.34. The van der Waals surface area contributed by atoms with Gasteiger partial charge in [-0.15, -0.1) is 0 Å². The maximum Gasteiger partial charge on any atom is 0.249 e. The average Bonchev–Trinajstić information content (AvgIpc) is 2.24. The highest BCUT2D eigenvalue weighted by molar-refractivity contribution is 6.04. The Kier molecular flexibility index (Phi) is 6.12. The first-order chi connectivity index (χ1) is 7.80. The molecule has 0 radical (unpaired) electrons. The van der Waals surface area contributed by atoms with Gasteiger partial charge in [0.2, 0.25) is 11.8 Å². The van der Waals surface area contributed by atoms with Crippen LogP contribution >= 0.6 is 0 Å². The molecule has 0 atom stereocenters. The summed E-state index contributed by atoms with van der Waals surface area (Å²) in [6, 6.07) is 0. The Morgan fingerprint density at radius 2 is 1.24 bits per heavy atom. The molecule has 100 valence electrons. The topological polar surface area (TPSA) is 110 Å². The predicted octanol–water partition coefficient (Wildman–Crippen LogP) is 0.0448. The van der Waals surface area contributed by atoms with E-state index in [0.29, 0.717) is 12.8 Å². The minimum atomic E-state index is -1.19. The van der Waals surface area contributed by atoms with Crippen molar-refractivity contribution in [2.75, 3.05) is 0 Å². The largest absolute Gasteiger partial charge is 0.293 e. The van der Waals surface area contributed by atoms with Crippen LogP contribution in [0.15, 0.2) is 0 Å². The molecule has 0 aliphatic heterocycles. The van der Waals surface area contributed by atoms with E-state index in [0.717, 1.165) is 0 Å². The minimum absolute atomic E-state index is 0.184. The molecule has 0 heterocycles. The summed E-state index contributed by atoms with van der Waals surface area (Å²) in [4.78, 5) is 23.9. The van der Waals surface area contributed by atoms with E-state index >= 15 is 0 Å². The summed E-state index contributed by atoms with van der Waals surface area (Å²) in [5.41, 5.74) is 2.96. The molecule has 2 amide bonds. The van der Waals surface area contributed by atoms with Gasteiger partial charge in [0, 0.05) is 0 Å². The Morgan fingerprint density at radius 1 is 0.941 bits per heavy atom. The number of hydrogen-bond acceptors (Lipinski definition) is 4. The van der Waals surface area contributed by atoms with Crippen LogP contribution in [0.3, 0.4) is 0 Å². The third-order valence-corrected chi connectivity index (χ3v) is 2.64. The highest BCUT2D eigenvalue weighted by atomic mass is 16.2. The van der Waals surface area contributed by atoms with E-state index in [-0.39, 0.29) is 11.8 Å². The van der Waals surface area contributed by atoms with Crippen molar-refractivity contribution in [3.8, 4) is 0 Å². The zero-order valence-corrected chi connectivity index (χ0v) is 11.0. The third-order valence-electron chi connectivity index (χ3n) is 2.64. The van der Waals surface area contributed by atoms with Crippen LogP contribution < -0.4 is 22.5 Å². The van der Waals surface area contributed by atoms with Crippen LogP contribution in [0.2, 0.25) is 0 Å². The van der Waals surface area contributed by atoms with Crippen molar-refractivity contribution in [1.29, 1.82) is 0 Å². The Labute approximate surface area is 102 Å². The normalized spacial score (nSPS) is 11.8. The lowest BCUT2D eigenvalue weighted by Crippen LogP contribution is -2.55. The smallest absolute Gasteiger partial charge is 0.249 e. The van der Waals surface area contributed by atoms with Gasteiger partial charge in [0.1, 0.15) is 5.41 Å². The highest BCUT2D eigenvalue weighted by Gasteiger charge is 2.45. The molecule has 6 N–H and O–H groups in total. The van der Waals surface area contributed by atoms with Crippen molar-refractivity contribution in [2.45, 2.75) is 40.5 Å². The molecule has 0 saturated carbocycles. The summed E-state index contributed by atoms with van der Waals surface area (Å²) in [6.07, 6.45) is 0.828. The number of carbonyl (C=O) groups is 2. The Bertz CT molecular complexity index is 249. The predicted molar refractivity (Wildman–Crippen MR) is 66.0 cm³/mol. The number of hydrazine groups is 2. The van der Waals surface area contributed by atoms with E-state index in [2.05, 4.69) is 10.9 Å². The number of carbonyl (C=O) groups excluding carboxylic acids is 2. The van der Waals surface area contributed by atoms with Crippen molar-refractivity contribution in [3.63, 3.8) is 0 Å². The number of nitrogens with two attached hydrogens (primary N) is 2. The van der Waals surface area contributed by atoms with Crippen LogP contribution in [0.4, 0.5) is 0 Å². The molecular weight excluding hydrogens is 220 g/mol. The standard InChI is InChI=1S/C11H24N4O2/c1-7(2)5-11(6-8(3)4,9(16)14-12)10(17)15-13/h7-8H,5-6,12-13H2,1-4H3,(H,14,16)(H,15,17). The third kappa shape index (κ3) is 3.98. The van der Waals surface area contributed by atoms with Crippen molar-refractivity contribution in [3.05, 3.63) is 0 Å². The molecule has 6 nitrogen and oxygen atoms in total. The van der Waals surface area contributed by atoms with Gasteiger partial charge in [-0.3, -0.25) is 20.4 Å². The zero-order valence-electron chi connectivity index (χ0n) is 11.0. The van der Waals surface area contributed by atoms with E-state index in [1.165, 1.54) is 0 Å². The van der Waals surface area contributed by atoms with Crippen LogP contribution in [0, 0.1) is 17.3 Å². The molecule has 0 aromatic heterocycles. The van der Waals surface area contributed by atoms with Crippen molar-refractivity contribution < 1.29 is 9.59 Å². The molecular formula is C11H24N4O2. The molecule has 0 aliphatic rings. The molecule has 0 fully saturated rings. The van der Waals surface area contributed by atoms with Crippen molar-refractivity contribution in [1.82, 2.24) is 10.9 Å². The van der Waals surface area contributed by atoms with E-state index in [9.17, 15) is 9.59 Å². The Morgan fingerprint density at radius 3 is 1.41 bits per heavy atom. The van der Waals surface area contributed by atoms with Gasteiger partial charge in [-0.25, -0.2) is 11.7 Å². The van der Waals surface area contributed by atoms with E-state index in [1.807, 2.05) is 27.7 Å². The number of hydrogen-bond donors (Lipinski definition) is 4. The van der Waals surface area contributed by atoms with Gasteiger partial charge in [-0.05, 0) is 24.7 Å². The maximum atomic E-state index is 12.0. The maximum absolute atomic E-state index is 12.0. The lowest BCUT2D eigenvalue weighted by Gasteiger charge is -2.32. The molecule has 0 spiro atoms. The fourth-order valence-corrected chi connectivity index (χ4v) is 2.23. The molecule has 0 aromatic rings. The molecule has 17 heavy (non-hydrogen) atoms. The Hall–Kier alpha value is -1.14. The van der Waals surface area contributed by atoms with Crippen LogP contribution in [0.25, 0.3) is 0 Å². The average molecular weight is 244 g/mol. The first kappa shape index (κ1) is 15.9. The van der Waals surface area contributed by atoms with Gasteiger partial charge in [0.25, 0.3) is 0 Å². The molecule has 0 rings (SSSR count). The lowest BCUT2D eigenvalue weighted by atomic mass is 9.73. The summed E-state index contributed by atoms with van der Waals surface area (Å²) in [7, 11) is 0. The first-order valence-electron chi connectivity index (χ1n) is 5.82. The molecule has 0 bridgehead atoms. The van der Waals surface area contributed by atoms with Crippen molar-refractivity contribution in [2.24, 2.45) is 28.9 Å². The summed E-state index contributed by atoms with van der Waals surface area (Å²) in [6.45, 7) is 7.79. The monoisotopic (exact) mass is 244 g/mol. The Balaban J connectivity index is 5.35. The van der Waals surface area contributed by atoms with Gasteiger partial charge in [0.15, 0.2) is 0 Å². The SMILES string of the molecule is CC(C)CC(CC(C)C)(C(=O)NN)C(=O)NN. The number of nitrogens with one attached hydrogen (secondary N) is 2. The van der Waals surface area contributed by atoms with Crippen LogP contribution in [0.1, 0.15) is 40.5 Å². The second-order valence-electron chi connectivity index (χ2n) is 5.22. The van der Waals surface area contributed by atoms with Gasteiger partial charge < -0.3 is 0 Å². The van der Waals surface area contributed by atoms with Gasteiger partial charge in [-0.2, -0.15) is 0 Å². The fraction of sp³-hybridized carbons (Fsp3) is 0.818. The molecule has 0 unspecified atom stereocenters. The lowest BCUT2D eigenvalue weighted by molar-refractivity contribution is -0.146. The summed E-state index contributed by atoms with van der Waals surface area (Å²) in [5, 5.41) is 0. The molecule has 0 aliphatic carbocycles. The first-order valence-corrected chi connectivity index (χ1v) is 5.82. The number of amides is 2. The van der Waals surface area contributed by atoms with Crippen LogP contribution in [-0.4, -0.2) is 11.8 Å². The molecule has 0 saturated heterocycles. The van der Waals surface area contributed by atoms with Gasteiger partial charge in [-0.1, -0.05) is 27.7 Å².